The maximum absolute atomic E-state index is 9.51. The molecule has 0 spiro atoms. The molecule has 3 N–H and O–H groups in total. The van der Waals surface area contributed by atoms with Gasteiger partial charge in [0.15, 0.2) is 5.16 Å². The van der Waals surface area contributed by atoms with Gasteiger partial charge in [0.25, 0.3) is 0 Å². The van der Waals surface area contributed by atoms with Crippen molar-refractivity contribution >= 4 is 11.8 Å². The average Bonchev–Trinajstić information content (AvgIpc) is 2.68. The SMILES string of the molecule is CCn1c(CN)nnc1SCC(O)COC. The standard InChI is InChI=1S/C9H18N4O2S/c1-3-13-8(4-10)11-12-9(13)16-6-7(14)5-15-2/h7,14H,3-6,10H2,1-2H3. The van der Waals surface area contributed by atoms with E-state index >= 15 is 0 Å². The number of nitrogens with zero attached hydrogens (tertiary/aromatic N) is 3. The molecule has 0 radical (unpaired) electrons. The second kappa shape index (κ2) is 6.85. The highest BCUT2D eigenvalue weighted by molar-refractivity contribution is 7.99. The van der Waals surface area contributed by atoms with E-state index in [1.165, 1.54) is 11.8 Å². The monoisotopic (exact) mass is 246 g/mol. The van der Waals surface area contributed by atoms with Crippen LogP contribution in [0.15, 0.2) is 5.16 Å². The molecule has 7 heteroatoms. The molecule has 0 aromatic carbocycles. The van der Waals surface area contributed by atoms with E-state index in [0.29, 0.717) is 18.9 Å². The quantitative estimate of drug-likeness (QED) is 0.651. The molecule has 92 valence electrons. The Bertz CT molecular complexity index is 318. The fourth-order valence-electron chi connectivity index (χ4n) is 1.31. The number of aliphatic hydroxyl groups excluding tert-OH is 1. The average molecular weight is 246 g/mol. The van der Waals surface area contributed by atoms with Crippen LogP contribution in [0.25, 0.3) is 0 Å². The molecule has 0 fully saturated rings. The smallest absolute Gasteiger partial charge is 0.191 e. The summed E-state index contributed by atoms with van der Waals surface area (Å²) in [6.07, 6.45) is -0.488. The third-order valence-electron chi connectivity index (χ3n) is 2.06. The minimum Gasteiger partial charge on any atom is -0.390 e. The van der Waals surface area contributed by atoms with E-state index in [2.05, 4.69) is 10.2 Å². The minimum atomic E-state index is -0.488. The van der Waals surface area contributed by atoms with Gasteiger partial charge in [-0.25, -0.2) is 0 Å². The van der Waals surface area contributed by atoms with Crippen molar-refractivity contribution in [3.8, 4) is 0 Å². The highest BCUT2D eigenvalue weighted by Gasteiger charge is 2.12. The van der Waals surface area contributed by atoms with Gasteiger partial charge >= 0.3 is 0 Å². The molecule has 6 nitrogen and oxygen atoms in total. The van der Waals surface area contributed by atoms with Crippen molar-refractivity contribution in [1.82, 2.24) is 14.8 Å². The zero-order valence-electron chi connectivity index (χ0n) is 9.59. The largest absolute Gasteiger partial charge is 0.390 e. The van der Waals surface area contributed by atoms with E-state index in [0.717, 1.165) is 17.5 Å². The van der Waals surface area contributed by atoms with Crippen LogP contribution in [-0.2, 0) is 17.8 Å². The highest BCUT2D eigenvalue weighted by Crippen LogP contribution is 2.17. The third kappa shape index (κ3) is 3.44. The Hall–Kier alpha value is -0.630. The number of hydrogen-bond donors (Lipinski definition) is 2. The van der Waals surface area contributed by atoms with Gasteiger partial charge in [0, 0.05) is 19.4 Å². The topological polar surface area (TPSA) is 86.2 Å². The number of methoxy groups -OCH3 is 1. The van der Waals surface area contributed by atoms with Gasteiger partial charge in [0.1, 0.15) is 5.82 Å². The molecule has 1 heterocycles. The normalized spacial score (nSPS) is 13.0. The number of thioether (sulfide) groups is 1. The number of hydrogen-bond acceptors (Lipinski definition) is 6. The summed E-state index contributed by atoms with van der Waals surface area (Å²) in [4.78, 5) is 0. The van der Waals surface area contributed by atoms with Gasteiger partial charge in [-0.1, -0.05) is 11.8 Å². The first-order valence-electron chi connectivity index (χ1n) is 5.14. The molecule has 0 aliphatic heterocycles. The predicted octanol–water partition coefficient (Wildman–Crippen LogP) is -0.144. The Kier molecular flexibility index (Phi) is 5.75. The number of aliphatic hydroxyl groups is 1. The van der Waals surface area contributed by atoms with Crippen molar-refractivity contribution in [3.05, 3.63) is 5.82 Å². The summed E-state index contributed by atoms with van der Waals surface area (Å²) in [6.45, 7) is 3.50. The van der Waals surface area contributed by atoms with E-state index in [4.69, 9.17) is 10.5 Å². The lowest BCUT2D eigenvalue weighted by Crippen LogP contribution is -2.17. The summed E-state index contributed by atoms with van der Waals surface area (Å²) >= 11 is 1.46. The molecule has 0 bridgehead atoms. The van der Waals surface area contributed by atoms with Crippen LogP contribution in [0.3, 0.4) is 0 Å². The molecular weight excluding hydrogens is 228 g/mol. The lowest BCUT2D eigenvalue weighted by molar-refractivity contribution is 0.0793. The fraction of sp³-hybridized carbons (Fsp3) is 0.778. The molecule has 16 heavy (non-hydrogen) atoms. The summed E-state index contributed by atoms with van der Waals surface area (Å²) in [5.41, 5.74) is 5.54. The number of aromatic nitrogens is 3. The third-order valence-corrected chi connectivity index (χ3v) is 3.17. The van der Waals surface area contributed by atoms with Crippen LogP contribution in [0.4, 0.5) is 0 Å². The minimum absolute atomic E-state index is 0.330. The summed E-state index contributed by atoms with van der Waals surface area (Å²) in [7, 11) is 1.56. The molecule has 1 atom stereocenters. The number of rotatable bonds is 7. The van der Waals surface area contributed by atoms with E-state index in [9.17, 15) is 5.11 Å². The Morgan fingerprint density at radius 3 is 2.88 bits per heavy atom. The first kappa shape index (κ1) is 13.4. The zero-order chi connectivity index (χ0) is 12.0. The van der Waals surface area contributed by atoms with Crippen molar-refractivity contribution in [3.63, 3.8) is 0 Å². The van der Waals surface area contributed by atoms with Gasteiger partial charge in [-0.2, -0.15) is 0 Å². The lowest BCUT2D eigenvalue weighted by Gasteiger charge is -2.09. The summed E-state index contributed by atoms with van der Waals surface area (Å²) < 4.78 is 6.80. The van der Waals surface area contributed by atoms with E-state index in [-0.39, 0.29) is 0 Å². The van der Waals surface area contributed by atoms with Crippen LogP contribution in [0, 0.1) is 0 Å². The number of ether oxygens (including phenoxy) is 1. The molecule has 0 aliphatic rings. The van der Waals surface area contributed by atoms with E-state index < -0.39 is 6.10 Å². The first-order valence-corrected chi connectivity index (χ1v) is 6.13. The Labute approximate surface area is 99.2 Å². The van der Waals surface area contributed by atoms with Crippen molar-refractivity contribution in [2.24, 2.45) is 5.73 Å². The van der Waals surface area contributed by atoms with E-state index in [1.807, 2.05) is 11.5 Å². The second-order valence-electron chi connectivity index (χ2n) is 3.27. The van der Waals surface area contributed by atoms with Crippen LogP contribution in [0.5, 0.6) is 0 Å². The molecule has 0 aliphatic carbocycles. The van der Waals surface area contributed by atoms with Gasteiger partial charge in [0.05, 0.1) is 19.3 Å². The maximum Gasteiger partial charge on any atom is 0.191 e. The molecule has 1 rings (SSSR count). The van der Waals surface area contributed by atoms with Crippen LogP contribution in [-0.4, -0.2) is 45.4 Å². The van der Waals surface area contributed by atoms with Crippen LogP contribution >= 0.6 is 11.8 Å². The summed E-state index contributed by atoms with van der Waals surface area (Å²) in [6, 6.07) is 0. The lowest BCUT2D eigenvalue weighted by atomic mass is 10.4. The molecule has 0 saturated heterocycles. The summed E-state index contributed by atoms with van der Waals surface area (Å²) in [5.74, 6) is 1.31. The van der Waals surface area contributed by atoms with Crippen LogP contribution < -0.4 is 5.73 Å². The molecule has 0 saturated carbocycles. The van der Waals surface area contributed by atoms with Crippen molar-refractivity contribution < 1.29 is 9.84 Å². The Balaban J connectivity index is 2.56. The molecule has 1 unspecified atom stereocenters. The van der Waals surface area contributed by atoms with Crippen molar-refractivity contribution in [1.29, 1.82) is 0 Å². The zero-order valence-corrected chi connectivity index (χ0v) is 10.4. The first-order chi connectivity index (χ1) is 7.72. The van der Waals surface area contributed by atoms with E-state index in [1.54, 1.807) is 7.11 Å². The van der Waals surface area contributed by atoms with Crippen LogP contribution in [0.2, 0.25) is 0 Å². The molecule has 1 aromatic heterocycles. The van der Waals surface area contributed by atoms with Crippen LogP contribution in [0.1, 0.15) is 12.7 Å². The molecular formula is C9H18N4O2S. The van der Waals surface area contributed by atoms with Gasteiger partial charge in [-0.05, 0) is 6.92 Å². The summed E-state index contributed by atoms with van der Waals surface area (Å²) in [5, 5.41) is 18.3. The fourth-order valence-corrected chi connectivity index (χ4v) is 2.23. The predicted molar refractivity (Wildman–Crippen MR) is 62.2 cm³/mol. The van der Waals surface area contributed by atoms with Gasteiger partial charge in [-0.3, -0.25) is 0 Å². The molecule has 0 amide bonds. The van der Waals surface area contributed by atoms with Gasteiger partial charge in [0.2, 0.25) is 0 Å². The van der Waals surface area contributed by atoms with Crippen molar-refractivity contribution in [2.45, 2.75) is 31.3 Å². The second-order valence-corrected chi connectivity index (χ2v) is 4.25. The van der Waals surface area contributed by atoms with Crippen molar-refractivity contribution in [2.75, 3.05) is 19.5 Å². The molecule has 1 aromatic rings. The Morgan fingerprint density at radius 1 is 1.56 bits per heavy atom. The highest BCUT2D eigenvalue weighted by atomic mass is 32.2. The Morgan fingerprint density at radius 2 is 2.31 bits per heavy atom. The van der Waals surface area contributed by atoms with Gasteiger partial charge in [-0.15, -0.1) is 10.2 Å². The number of nitrogens with two attached hydrogens (primary N) is 1. The van der Waals surface area contributed by atoms with Gasteiger partial charge < -0.3 is 20.1 Å². The maximum atomic E-state index is 9.51.